The molecule has 0 saturated heterocycles. The van der Waals surface area contributed by atoms with Crippen LogP contribution < -0.4 is 0 Å². The van der Waals surface area contributed by atoms with Gasteiger partial charge in [-0.15, -0.1) is 0 Å². The van der Waals surface area contributed by atoms with Gasteiger partial charge in [-0.2, -0.15) is 0 Å². The minimum Gasteiger partial charge on any atom is -0.469 e. The number of hydrogen-bond acceptors (Lipinski definition) is 8. The summed E-state index contributed by atoms with van der Waals surface area (Å²) in [5.74, 6) is -0.132. The Balaban J connectivity index is 1.36. The summed E-state index contributed by atoms with van der Waals surface area (Å²) < 4.78 is 20.5. The van der Waals surface area contributed by atoms with Crippen molar-refractivity contribution >= 4 is 23.9 Å². The quantitative estimate of drug-likeness (QED) is 0.354. The van der Waals surface area contributed by atoms with Crippen LogP contribution in [0.15, 0.2) is 0 Å². The van der Waals surface area contributed by atoms with Crippen molar-refractivity contribution in [2.75, 3.05) is 28.4 Å². The van der Waals surface area contributed by atoms with Crippen molar-refractivity contribution in [1.29, 1.82) is 0 Å². The van der Waals surface area contributed by atoms with Gasteiger partial charge in [-0.1, -0.05) is 0 Å². The van der Waals surface area contributed by atoms with E-state index in [2.05, 4.69) is 0 Å². The van der Waals surface area contributed by atoms with E-state index in [0.29, 0.717) is 35.5 Å². The molecule has 8 heteroatoms. The fourth-order valence-corrected chi connectivity index (χ4v) is 10.7. The Kier molecular flexibility index (Phi) is 4.67. The number of methoxy groups -OCH3 is 4. The van der Waals surface area contributed by atoms with Gasteiger partial charge in [0.1, 0.15) is 0 Å². The SMILES string of the molecule is COC(=O)C1C2CC(C1C(=O)OC)C1C3CC(C21)C1C2CC(C(C(=O)OC)C2C(=O)OC)C31. The summed E-state index contributed by atoms with van der Waals surface area (Å²) in [6, 6.07) is 0. The molecule has 12 atom stereocenters. The van der Waals surface area contributed by atoms with Crippen molar-refractivity contribution in [1.82, 2.24) is 0 Å². The second kappa shape index (κ2) is 7.19. The van der Waals surface area contributed by atoms with Crippen molar-refractivity contribution < 1.29 is 38.1 Å². The molecular weight excluding hydrogens is 428 g/mol. The van der Waals surface area contributed by atoms with Gasteiger partial charge < -0.3 is 18.9 Å². The number of carbonyl (C=O) groups is 4. The molecule has 6 aliphatic carbocycles. The van der Waals surface area contributed by atoms with Crippen LogP contribution in [-0.4, -0.2) is 52.3 Å². The normalized spacial score (nSPS) is 51.8. The summed E-state index contributed by atoms with van der Waals surface area (Å²) in [6.07, 6.45) is 2.78. The van der Waals surface area contributed by atoms with Crippen LogP contribution in [0, 0.1) is 82.9 Å². The van der Waals surface area contributed by atoms with E-state index in [-0.39, 0.29) is 47.5 Å². The molecule has 6 bridgehead atoms. The summed E-state index contributed by atoms with van der Waals surface area (Å²) in [5, 5.41) is 0. The number of rotatable bonds is 4. The van der Waals surface area contributed by atoms with Crippen molar-refractivity contribution in [3.05, 3.63) is 0 Å². The zero-order valence-corrected chi connectivity index (χ0v) is 19.5. The first kappa shape index (κ1) is 21.4. The predicted octanol–water partition coefficient (Wildman–Crippen LogP) is 1.56. The van der Waals surface area contributed by atoms with Crippen LogP contribution in [0.3, 0.4) is 0 Å². The molecule has 12 unspecified atom stereocenters. The highest BCUT2D eigenvalue weighted by Crippen LogP contribution is 2.79. The summed E-state index contributed by atoms with van der Waals surface area (Å²) >= 11 is 0. The maximum atomic E-state index is 12.8. The molecule has 33 heavy (non-hydrogen) atoms. The molecule has 6 saturated carbocycles. The maximum absolute atomic E-state index is 12.8. The topological polar surface area (TPSA) is 105 Å². The first-order valence-electron chi connectivity index (χ1n) is 12.2. The molecule has 6 rings (SSSR count). The van der Waals surface area contributed by atoms with Crippen molar-refractivity contribution in [2.45, 2.75) is 19.3 Å². The van der Waals surface area contributed by atoms with E-state index in [1.165, 1.54) is 28.4 Å². The van der Waals surface area contributed by atoms with E-state index in [1.807, 2.05) is 0 Å². The zero-order valence-electron chi connectivity index (χ0n) is 19.5. The van der Waals surface area contributed by atoms with Gasteiger partial charge in [-0.05, 0) is 78.4 Å². The van der Waals surface area contributed by atoms with E-state index in [0.717, 1.165) is 19.3 Å². The molecule has 180 valence electrons. The highest BCUT2D eigenvalue weighted by atomic mass is 16.5. The molecule has 6 fully saturated rings. The predicted molar refractivity (Wildman–Crippen MR) is 111 cm³/mol. The lowest BCUT2D eigenvalue weighted by molar-refractivity contribution is -0.169. The molecule has 8 nitrogen and oxygen atoms in total. The van der Waals surface area contributed by atoms with E-state index in [9.17, 15) is 19.2 Å². The Morgan fingerprint density at radius 2 is 0.636 bits per heavy atom. The summed E-state index contributed by atoms with van der Waals surface area (Å²) in [7, 11) is 5.56. The number of ether oxygens (including phenoxy) is 4. The molecule has 0 radical (unpaired) electrons. The van der Waals surface area contributed by atoms with E-state index >= 15 is 0 Å². The third-order valence-corrected chi connectivity index (χ3v) is 11.0. The Hall–Kier alpha value is -2.12. The third kappa shape index (κ3) is 2.42. The van der Waals surface area contributed by atoms with Gasteiger partial charge in [-0.25, -0.2) is 0 Å². The molecule has 0 heterocycles. The second-order valence-electron chi connectivity index (χ2n) is 11.2. The van der Waals surface area contributed by atoms with Gasteiger partial charge in [0.25, 0.3) is 0 Å². The fraction of sp³-hybridized carbons (Fsp3) is 0.840. The Labute approximate surface area is 193 Å². The zero-order chi connectivity index (χ0) is 23.3. The number of fused-ring (bicyclic) bond motifs is 16. The lowest BCUT2D eigenvalue weighted by atomic mass is 9.54. The van der Waals surface area contributed by atoms with Gasteiger partial charge in [0.2, 0.25) is 0 Å². The van der Waals surface area contributed by atoms with Crippen LogP contribution in [0.4, 0.5) is 0 Å². The highest BCUT2D eigenvalue weighted by Gasteiger charge is 2.78. The Morgan fingerprint density at radius 3 is 0.848 bits per heavy atom. The minimum absolute atomic E-state index is 0.125. The smallest absolute Gasteiger partial charge is 0.309 e. The molecule has 0 aliphatic heterocycles. The van der Waals surface area contributed by atoms with Crippen LogP contribution in [0.25, 0.3) is 0 Å². The monoisotopic (exact) mass is 460 g/mol. The first-order valence-corrected chi connectivity index (χ1v) is 12.2. The second-order valence-corrected chi connectivity index (χ2v) is 11.2. The van der Waals surface area contributed by atoms with E-state index in [4.69, 9.17) is 18.9 Å². The lowest BCUT2D eigenvalue weighted by Crippen LogP contribution is -2.52. The van der Waals surface area contributed by atoms with Crippen LogP contribution in [0.1, 0.15) is 19.3 Å². The summed E-state index contributed by atoms with van der Waals surface area (Å²) in [6.45, 7) is 0. The van der Waals surface area contributed by atoms with Gasteiger partial charge in [0.15, 0.2) is 0 Å². The van der Waals surface area contributed by atoms with Crippen molar-refractivity contribution in [3.63, 3.8) is 0 Å². The van der Waals surface area contributed by atoms with Crippen LogP contribution in [-0.2, 0) is 38.1 Å². The van der Waals surface area contributed by atoms with Crippen LogP contribution in [0.2, 0.25) is 0 Å². The molecule has 0 N–H and O–H groups in total. The van der Waals surface area contributed by atoms with Gasteiger partial charge in [0, 0.05) is 0 Å². The number of carbonyl (C=O) groups excluding carboxylic acids is 4. The molecular formula is C25H32O8. The van der Waals surface area contributed by atoms with Gasteiger partial charge in [0.05, 0.1) is 52.1 Å². The average Bonchev–Trinajstić information content (AvgIpc) is 3.65. The summed E-state index contributed by atoms with van der Waals surface area (Å²) in [4.78, 5) is 51.1. The van der Waals surface area contributed by atoms with E-state index in [1.54, 1.807) is 0 Å². The first-order chi connectivity index (χ1) is 15.9. The number of hydrogen-bond donors (Lipinski definition) is 0. The van der Waals surface area contributed by atoms with E-state index < -0.39 is 23.7 Å². The number of esters is 4. The largest absolute Gasteiger partial charge is 0.469 e. The third-order valence-electron chi connectivity index (χ3n) is 11.0. The molecule has 0 aromatic carbocycles. The Morgan fingerprint density at radius 1 is 0.424 bits per heavy atom. The molecule has 0 aromatic heterocycles. The minimum atomic E-state index is -0.440. The van der Waals surface area contributed by atoms with Crippen LogP contribution in [0.5, 0.6) is 0 Å². The van der Waals surface area contributed by atoms with Crippen molar-refractivity contribution in [2.24, 2.45) is 82.9 Å². The summed E-state index contributed by atoms with van der Waals surface area (Å²) in [5.41, 5.74) is 0. The van der Waals surface area contributed by atoms with Crippen molar-refractivity contribution in [3.8, 4) is 0 Å². The van der Waals surface area contributed by atoms with Gasteiger partial charge >= 0.3 is 23.9 Å². The fourth-order valence-electron chi connectivity index (χ4n) is 10.7. The Bertz CT molecular complexity index is 774. The molecule has 0 spiro atoms. The highest BCUT2D eigenvalue weighted by molar-refractivity contribution is 5.85. The molecule has 6 aliphatic rings. The average molecular weight is 461 g/mol. The molecule has 0 aromatic rings. The standard InChI is InChI=1S/C25H32O8/c1-30-22(26)18-10-6-11(19(18)23(27)31-2)15-9-5-8(14(10)15)16-12-7-13(17(9)16)21(25(29)33-4)20(12)24(28)32-3/h8-21H,5-7H2,1-4H3. The molecule has 0 amide bonds. The maximum Gasteiger partial charge on any atom is 0.309 e. The van der Waals surface area contributed by atoms with Crippen LogP contribution >= 0.6 is 0 Å². The van der Waals surface area contributed by atoms with Gasteiger partial charge in [-0.3, -0.25) is 19.2 Å². The lowest BCUT2D eigenvalue weighted by Gasteiger charge is -2.49.